The Labute approximate surface area is 113 Å². The monoisotopic (exact) mass is 289 g/mol. The first kappa shape index (κ1) is 15.6. The minimum atomic E-state index is -3.24. The molecule has 0 fully saturated rings. The number of aryl methyl sites for hydroxylation is 1. The largest absolute Gasteiger partial charge is 0.458 e. The topological polar surface area (TPSA) is 47.6 Å². The standard InChI is InChI=1S/C12H20NO3PS/c1-5-13-17(14,15-6-2)16-11-7-8-12(18-4)10(3)9-11/h7-9H,5-6H2,1-4H3,(H,13,14). The van der Waals surface area contributed by atoms with Crippen LogP contribution in [0.1, 0.15) is 19.4 Å². The minimum absolute atomic E-state index is 0.339. The van der Waals surface area contributed by atoms with E-state index in [-0.39, 0.29) is 0 Å². The Morgan fingerprint density at radius 2 is 2.11 bits per heavy atom. The van der Waals surface area contributed by atoms with Gasteiger partial charge >= 0.3 is 7.75 Å². The number of benzene rings is 1. The van der Waals surface area contributed by atoms with Gasteiger partial charge in [0.1, 0.15) is 5.75 Å². The summed E-state index contributed by atoms with van der Waals surface area (Å²) in [5.74, 6) is 0.558. The van der Waals surface area contributed by atoms with Crippen LogP contribution in [0, 0.1) is 6.92 Å². The summed E-state index contributed by atoms with van der Waals surface area (Å²) in [6.07, 6.45) is 2.02. The summed E-state index contributed by atoms with van der Waals surface area (Å²) >= 11 is 1.67. The van der Waals surface area contributed by atoms with E-state index in [1.54, 1.807) is 18.7 Å². The van der Waals surface area contributed by atoms with Gasteiger partial charge < -0.3 is 4.52 Å². The number of thioether (sulfide) groups is 1. The van der Waals surface area contributed by atoms with Crippen LogP contribution in [0.2, 0.25) is 0 Å². The average Bonchev–Trinajstić information content (AvgIpc) is 2.29. The lowest BCUT2D eigenvalue weighted by Gasteiger charge is -2.19. The summed E-state index contributed by atoms with van der Waals surface area (Å²) in [5.41, 5.74) is 1.10. The van der Waals surface area contributed by atoms with Crippen molar-refractivity contribution in [3.63, 3.8) is 0 Å². The molecule has 0 aliphatic rings. The van der Waals surface area contributed by atoms with Crippen molar-refractivity contribution >= 4 is 19.5 Å². The van der Waals surface area contributed by atoms with Crippen LogP contribution in [0.15, 0.2) is 23.1 Å². The van der Waals surface area contributed by atoms with Gasteiger partial charge in [0.05, 0.1) is 6.61 Å². The molecule has 1 N–H and O–H groups in total. The van der Waals surface area contributed by atoms with E-state index in [9.17, 15) is 4.57 Å². The van der Waals surface area contributed by atoms with E-state index in [0.717, 1.165) is 5.56 Å². The second kappa shape index (κ2) is 7.19. The van der Waals surface area contributed by atoms with E-state index in [4.69, 9.17) is 9.05 Å². The average molecular weight is 289 g/mol. The van der Waals surface area contributed by atoms with Crippen molar-refractivity contribution in [2.75, 3.05) is 19.4 Å². The molecule has 0 amide bonds. The molecule has 1 aromatic carbocycles. The molecule has 0 aliphatic heterocycles. The van der Waals surface area contributed by atoms with E-state index >= 15 is 0 Å². The molecule has 0 radical (unpaired) electrons. The van der Waals surface area contributed by atoms with Gasteiger partial charge in [-0.3, -0.25) is 4.52 Å². The van der Waals surface area contributed by atoms with Crippen LogP contribution < -0.4 is 9.61 Å². The molecule has 0 aliphatic carbocycles. The maximum Gasteiger partial charge on any atom is 0.458 e. The van der Waals surface area contributed by atoms with E-state index < -0.39 is 7.75 Å². The van der Waals surface area contributed by atoms with Crippen LogP contribution >= 0.6 is 19.5 Å². The van der Waals surface area contributed by atoms with Gasteiger partial charge in [-0.1, -0.05) is 6.92 Å². The highest BCUT2D eigenvalue weighted by molar-refractivity contribution is 7.98. The van der Waals surface area contributed by atoms with Gasteiger partial charge in [0, 0.05) is 11.4 Å². The normalized spacial score (nSPS) is 14.2. The van der Waals surface area contributed by atoms with Crippen LogP contribution in [-0.4, -0.2) is 19.4 Å². The molecule has 6 heteroatoms. The minimum Gasteiger partial charge on any atom is -0.413 e. The summed E-state index contributed by atoms with van der Waals surface area (Å²) in [5, 5.41) is 2.76. The van der Waals surface area contributed by atoms with Gasteiger partial charge in [0.15, 0.2) is 0 Å². The van der Waals surface area contributed by atoms with E-state index in [1.807, 2.05) is 38.3 Å². The number of hydrogen-bond donors (Lipinski definition) is 1. The molecule has 0 aromatic heterocycles. The highest BCUT2D eigenvalue weighted by Crippen LogP contribution is 2.44. The fraction of sp³-hybridized carbons (Fsp3) is 0.500. The third kappa shape index (κ3) is 4.32. The van der Waals surface area contributed by atoms with Gasteiger partial charge in [0.25, 0.3) is 0 Å². The lowest BCUT2D eigenvalue weighted by molar-refractivity contribution is 0.269. The Bertz CT molecular complexity index is 429. The second-order valence-corrected chi connectivity index (χ2v) is 6.25. The zero-order valence-electron chi connectivity index (χ0n) is 11.2. The predicted octanol–water partition coefficient (Wildman–Crippen LogP) is 3.85. The van der Waals surface area contributed by atoms with Crippen molar-refractivity contribution in [2.45, 2.75) is 25.7 Å². The quantitative estimate of drug-likeness (QED) is 0.610. The molecule has 4 nitrogen and oxygen atoms in total. The van der Waals surface area contributed by atoms with Crippen molar-refractivity contribution in [3.05, 3.63) is 23.8 Å². The van der Waals surface area contributed by atoms with Gasteiger partial charge in [-0.15, -0.1) is 11.8 Å². The van der Waals surface area contributed by atoms with Crippen molar-refractivity contribution < 1.29 is 13.6 Å². The van der Waals surface area contributed by atoms with Crippen molar-refractivity contribution in [3.8, 4) is 5.75 Å². The van der Waals surface area contributed by atoms with E-state index in [0.29, 0.717) is 18.9 Å². The van der Waals surface area contributed by atoms with Gasteiger partial charge in [-0.25, -0.2) is 9.65 Å². The molecule has 1 rings (SSSR count). The van der Waals surface area contributed by atoms with Crippen molar-refractivity contribution in [1.29, 1.82) is 0 Å². The molecule has 0 spiro atoms. The lowest BCUT2D eigenvalue weighted by Crippen LogP contribution is -2.16. The third-order valence-corrected chi connectivity index (χ3v) is 4.89. The Morgan fingerprint density at radius 3 is 2.61 bits per heavy atom. The summed E-state index contributed by atoms with van der Waals surface area (Å²) in [6, 6.07) is 5.63. The summed E-state index contributed by atoms with van der Waals surface area (Å²) in [7, 11) is -3.24. The van der Waals surface area contributed by atoms with Crippen LogP contribution in [0.25, 0.3) is 0 Å². The van der Waals surface area contributed by atoms with Crippen LogP contribution in [0.3, 0.4) is 0 Å². The Kier molecular flexibility index (Phi) is 6.22. The van der Waals surface area contributed by atoms with Crippen molar-refractivity contribution in [1.82, 2.24) is 5.09 Å². The fourth-order valence-electron chi connectivity index (χ4n) is 1.51. The molecule has 1 aromatic rings. The number of hydrogen-bond acceptors (Lipinski definition) is 4. The summed E-state index contributed by atoms with van der Waals surface area (Å²) < 4.78 is 23.0. The molecule has 102 valence electrons. The van der Waals surface area contributed by atoms with Gasteiger partial charge in [-0.05, 0) is 43.9 Å². The highest BCUT2D eigenvalue weighted by atomic mass is 32.2. The Hall–Kier alpha value is -0.480. The molecule has 1 unspecified atom stereocenters. The molecule has 0 saturated carbocycles. The molecule has 0 heterocycles. The number of rotatable bonds is 7. The zero-order valence-corrected chi connectivity index (χ0v) is 12.9. The predicted molar refractivity (Wildman–Crippen MR) is 76.5 cm³/mol. The summed E-state index contributed by atoms with van der Waals surface area (Å²) in [6.45, 7) is 6.51. The molecular formula is C12H20NO3PS. The maximum atomic E-state index is 12.3. The molecule has 18 heavy (non-hydrogen) atoms. The van der Waals surface area contributed by atoms with Crippen LogP contribution in [0.4, 0.5) is 0 Å². The van der Waals surface area contributed by atoms with E-state index in [1.165, 1.54) is 4.90 Å². The Morgan fingerprint density at radius 1 is 1.39 bits per heavy atom. The number of nitrogens with one attached hydrogen (secondary N) is 1. The zero-order chi connectivity index (χ0) is 13.6. The van der Waals surface area contributed by atoms with Crippen LogP contribution in [0.5, 0.6) is 5.75 Å². The molecule has 0 bridgehead atoms. The SMILES string of the molecule is CCNP(=O)(OCC)Oc1ccc(SC)c(C)c1. The van der Waals surface area contributed by atoms with Gasteiger partial charge in [0.2, 0.25) is 0 Å². The highest BCUT2D eigenvalue weighted by Gasteiger charge is 2.24. The molecule has 1 atom stereocenters. The summed E-state index contributed by atoms with van der Waals surface area (Å²) in [4.78, 5) is 1.18. The van der Waals surface area contributed by atoms with Crippen LogP contribution in [-0.2, 0) is 9.09 Å². The molecular weight excluding hydrogens is 269 g/mol. The maximum absolute atomic E-state index is 12.3. The first-order chi connectivity index (χ1) is 8.54. The smallest absolute Gasteiger partial charge is 0.413 e. The first-order valence-electron chi connectivity index (χ1n) is 5.88. The lowest BCUT2D eigenvalue weighted by atomic mass is 10.2. The second-order valence-electron chi connectivity index (χ2n) is 3.65. The fourth-order valence-corrected chi connectivity index (χ4v) is 3.43. The molecule has 0 saturated heterocycles. The van der Waals surface area contributed by atoms with Crippen molar-refractivity contribution in [2.24, 2.45) is 0 Å². The third-order valence-electron chi connectivity index (χ3n) is 2.24. The first-order valence-corrected chi connectivity index (χ1v) is 8.65. The van der Waals surface area contributed by atoms with Gasteiger partial charge in [-0.2, -0.15) is 0 Å². The van der Waals surface area contributed by atoms with E-state index in [2.05, 4.69) is 5.09 Å². The Balaban J connectivity index is 2.87.